The molecule has 28 heavy (non-hydrogen) atoms. The highest BCUT2D eigenvalue weighted by molar-refractivity contribution is 5.56. The summed E-state index contributed by atoms with van der Waals surface area (Å²) in [4.78, 5) is 8.86. The third-order valence-corrected chi connectivity index (χ3v) is 3.86. The predicted molar refractivity (Wildman–Crippen MR) is 108 cm³/mol. The Balaban J connectivity index is 1.54. The first-order valence-corrected chi connectivity index (χ1v) is 8.80. The van der Waals surface area contributed by atoms with Gasteiger partial charge in [0.2, 0.25) is 5.95 Å². The molecular formula is C21H21N5O2. The fourth-order valence-electron chi connectivity index (χ4n) is 2.49. The summed E-state index contributed by atoms with van der Waals surface area (Å²) < 4.78 is 10.8. The molecule has 0 aliphatic rings. The fraction of sp³-hybridized carbons (Fsp3) is 0.190. The van der Waals surface area contributed by atoms with Gasteiger partial charge in [-0.1, -0.05) is 0 Å². The number of benzene rings is 2. The molecule has 3 aromatic rings. The van der Waals surface area contributed by atoms with Crippen molar-refractivity contribution in [1.29, 1.82) is 5.26 Å². The Labute approximate surface area is 164 Å². The highest BCUT2D eigenvalue weighted by Gasteiger charge is 2.04. The van der Waals surface area contributed by atoms with E-state index in [1.165, 1.54) is 0 Å². The molecule has 0 bridgehead atoms. The summed E-state index contributed by atoms with van der Waals surface area (Å²) in [7, 11) is 1.63. The first kappa shape index (κ1) is 19.0. The number of aryl methyl sites for hydroxylation is 1. The van der Waals surface area contributed by atoms with Crippen LogP contribution in [0, 0.1) is 18.3 Å². The molecule has 3 rings (SSSR count). The van der Waals surface area contributed by atoms with Gasteiger partial charge in [-0.05, 0) is 55.5 Å². The average Bonchev–Trinajstić information content (AvgIpc) is 2.72. The first-order valence-electron chi connectivity index (χ1n) is 8.80. The van der Waals surface area contributed by atoms with Gasteiger partial charge in [-0.2, -0.15) is 10.2 Å². The van der Waals surface area contributed by atoms with E-state index in [4.69, 9.17) is 14.7 Å². The molecule has 7 nitrogen and oxygen atoms in total. The summed E-state index contributed by atoms with van der Waals surface area (Å²) in [5.41, 5.74) is 2.26. The molecule has 0 fully saturated rings. The second-order valence-corrected chi connectivity index (χ2v) is 5.98. The number of aromatic nitrogens is 2. The molecule has 7 heteroatoms. The lowest BCUT2D eigenvalue weighted by Crippen LogP contribution is -2.13. The lowest BCUT2D eigenvalue weighted by atomic mass is 10.2. The van der Waals surface area contributed by atoms with Gasteiger partial charge in [-0.15, -0.1) is 0 Å². The van der Waals surface area contributed by atoms with Gasteiger partial charge in [0, 0.05) is 17.4 Å². The van der Waals surface area contributed by atoms with Crippen LogP contribution >= 0.6 is 0 Å². The molecule has 0 saturated heterocycles. The Morgan fingerprint density at radius 3 is 2.39 bits per heavy atom. The average molecular weight is 375 g/mol. The van der Waals surface area contributed by atoms with Crippen molar-refractivity contribution in [3.05, 3.63) is 65.9 Å². The Bertz CT molecular complexity index is 950. The molecule has 2 aromatic carbocycles. The second kappa shape index (κ2) is 9.24. The zero-order valence-electron chi connectivity index (χ0n) is 15.8. The number of rotatable bonds is 8. The van der Waals surface area contributed by atoms with Crippen LogP contribution in [-0.4, -0.2) is 30.2 Å². The topological polar surface area (TPSA) is 92.1 Å². The van der Waals surface area contributed by atoms with Crippen molar-refractivity contribution in [2.24, 2.45) is 0 Å². The van der Waals surface area contributed by atoms with Crippen LogP contribution in [-0.2, 0) is 0 Å². The predicted octanol–water partition coefficient (Wildman–Crippen LogP) is 3.90. The minimum Gasteiger partial charge on any atom is -0.497 e. The lowest BCUT2D eigenvalue weighted by molar-refractivity contribution is 0.331. The van der Waals surface area contributed by atoms with E-state index < -0.39 is 0 Å². The summed E-state index contributed by atoms with van der Waals surface area (Å²) >= 11 is 0. The highest BCUT2D eigenvalue weighted by Crippen LogP contribution is 2.18. The van der Waals surface area contributed by atoms with E-state index in [1.807, 2.05) is 49.4 Å². The molecule has 142 valence electrons. The van der Waals surface area contributed by atoms with Gasteiger partial charge in [0.15, 0.2) is 0 Å². The smallest absolute Gasteiger partial charge is 0.229 e. The summed E-state index contributed by atoms with van der Waals surface area (Å²) in [5.74, 6) is 2.78. The van der Waals surface area contributed by atoms with Crippen LogP contribution in [0.2, 0.25) is 0 Å². The summed E-state index contributed by atoms with van der Waals surface area (Å²) in [5, 5.41) is 15.3. The third kappa shape index (κ3) is 5.35. The van der Waals surface area contributed by atoms with Crippen LogP contribution in [0.3, 0.4) is 0 Å². The monoisotopic (exact) mass is 375 g/mol. The molecule has 0 spiro atoms. The Hall–Kier alpha value is -3.79. The minimum absolute atomic E-state index is 0.489. The van der Waals surface area contributed by atoms with Crippen molar-refractivity contribution >= 4 is 17.5 Å². The van der Waals surface area contributed by atoms with E-state index in [1.54, 1.807) is 19.2 Å². The minimum atomic E-state index is 0.489. The van der Waals surface area contributed by atoms with E-state index in [2.05, 4.69) is 26.7 Å². The van der Waals surface area contributed by atoms with Crippen molar-refractivity contribution in [1.82, 2.24) is 9.97 Å². The van der Waals surface area contributed by atoms with Gasteiger partial charge < -0.3 is 20.1 Å². The standard InChI is InChI=1S/C21H21N5O2/c1-15-13-20(23-11-12-28-19-9-7-18(27-2)8-10-19)26-21(24-15)25-17-5-3-16(14-22)4-6-17/h3-10,13H,11-12H2,1-2H3,(H2,23,24,25,26). The fourth-order valence-corrected chi connectivity index (χ4v) is 2.49. The van der Waals surface area contributed by atoms with Crippen LogP contribution in [0.5, 0.6) is 11.5 Å². The molecule has 0 saturated carbocycles. The van der Waals surface area contributed by atoms with Crippen molar-refractivity contribution < 1.29 is 9.47 Å². The summed E-state index contributed by atoms with van der Waals surface area (Å²) in [6.45, 7) is 3.00. The summed E-state index contributed by atoms with van der Waals surface area (Å²) in [6.07, 6.45) is 0. The van der Waals surface area contributed by atoms with Crippen molar-refractivity contribution in [3.8, 4) is 17.6 Å². The van der Waals surface area contributed by atoms with Crippen LogP contribution in [0.25, 0.3) is 0 Å². The van der Waals surface area contributed by atoms with Crippen LogP contribution in [0.15, 0.2) is 54.6 Å². The van der Waals surface area contributed by atoms with E-state index in [0.29, 0.717) is 30.5 Å². The Morgan fingerprint density at radius 2 is 1.71 bits per heavy atom. The van der Waals surface area contributed by atoms with E-state index in [9.17, 15) is 0 Å². The maximum Gasteiger partial charge on any atom is 0.229 e. The molecule has 0 atom stereocenters. The van der Waals surface area contributed by atoms with Gasteiger partial charge in [-0.3, -0.25) is 0 Å². The second-order valence-electron chi connectivity index (χ2n) is 5.98. The van der Waals surface area contributed by atoms with Gasteiger partial charge in [-0.25, -0.2) is 4.98 Å². The van der Waals surface area contributed by atoms with E-state index in [-0.39, 0.29) is 0 Å². The van der Waals surface area contributed by atoms with E-state index >= 15 is 0 Å². The number of methoxy groups -OCH3 is 1. The van der Waals surface area contributed by atoms with Crippen molar-refractivity contribution in [2.45, 2.75) is 6.92 Å². The molecule has 2 N–H and O–H groups in total. The molecule has 0 amide bonds. The molecule has 0 unspecified atom stereocenters. The third-order valence-electron chi connectivity index (χ3n) is 3.86. The number of hydrogen-bond donors (Lipinski definition) is 2. The zero-order chi connectivity index (χ0) is 19.8. The first-order chi connectivity index (χ1) is 13.7. The summed E-state index contributed by atoms with van der Waals surface area (Å²) in [6, 6.07) is 18.5. The lowest BCUT2D eigenvalue weighted by Gasteiger charge is -2.11. The van der Waals surface area contributed by atoms with Gasteiger partial charge in [0.05, 0.1) is 25.3 Å². The van der Waals surface area contributed by atoms with Crippen LogP contribution in [0.4, 0.5) is 17.5 Å². The largest absolute Gasteiger partial charge is 0.497 e. The molecule has 1 aromatic heterocycles. The van der Waals surface area contributed by atoms with Gasteiger partial charge in [0.25, 0.3) is 0 Å². The quantitative estimate of drug-likeness (QED) is 0.577. The van der Waals surface area contributed by atoms with Gasteiger partial charge in [0.1, 0.15) is 23.9 Å². The number of nitrogens with zero attached hydrogens (tertiary/aromatic N) is 3. The number of anilines is 3. The van der Waals surface area contributed by atoms with Crippen LogP contribution < -0.4 is 20.1 Å². The molecule has 0 radical (unpaired) electrons. The van der Waals surface area contributed by atoms with Crippen molar-refractivity contribution in [2.75, 3.05) is 30.9 Å². The molecule has 0 aliphatic carbocycles. The van der Waals surface area contributed by atoms with Crippen molar-refractivity contribution in [3.63, 3.8) is 0 Å². The number of ether oxygens (including phenoxy) is 2. The highest BCUT2D eigenvalue weighted by atomic mass is 16.5. The maximum absolute atomic E-state index is 8.87. The number of nitriles is 1. The normalized spacial score (nSPS) is 10.0. The number of nitrogens with one attached hydrogen (secondary N) is 2. The SMILES string of the molecule is COc1ccc(OCCNc2cc(C)nc(Nc3ccc(C#N)cc3)n2)cc1. The van der Waals surface area contributed by atoms with Gasteiger partial charge >= 0.3 is 0 Å². The van der Waals surface area contributed by atoms with E-state index in [0.717, 1.165) is 22.9 Å². The molecule has 0 aliphatic heterocycles. The number of hydrogen-bond acceptors (Lipinski definition) is 7. The Morgan fingerprint density at radius 1 is 1.00 bits per heavy atom. The Kier molecular flexibility index (Phi) is 6.26. The van der Waals surface area contributed by atoms with Crippen LogP contribution in [0.1, 0.15) is 11.3 Å². The maximum atomic E-state index is 8.87. The molecular weight excluding hydrogens is 354 g/mol. The zero-order valence-corrected chi connectivity index (χ0v) is 15.8. The molecule has 1 heterocycles.